The van der Waals surface area contributed by atoms with E-state index in [4.69, 9.17) is 4.74 Å². The number of rotatable bonds is 4. The SMILES string of the molecule is Cc1cc(-c2ccccc2)c(NC2OC2c2ccc(C(F)(F)F)c(Br)c2)cn1. The highest BCUT2D eigenvalue weighted by Gasteiger charge is 2.42. The predicted octanol–water partition coefficient (Wildman–Crippen LogP) is 6.35. The molecule has 1 fully saturated rings. The molecule has 3 aromatic rings. The fourth-order valence-electron chi connectivity index (χ4n) is 3.10. The Morgan fingerprint density at radius 1 is 1.07 bits per heavy atom. The quantitative estimate of drug-likeness (QED) is 0.472. The lowest BCUT2D eigenvalue weighted by molar-refractivity contribution is -0.138. The van der Waals surface area contributed by atoms with Crippen LogP contribution in [0.5, 0.6) is 0 Å². The summed E-state index contributed by atoms with van der Waals surface area (Å²) in [6.07, 6.45) is -3.28. The molecule has 2 atom stereocenters. The number of pyridine rings is 1. The van der Waals surface area contributed by atoms with Crippen LogP contribution in [0.4, 0.5) is 18.9 Å². The molecular formula is C21H16BrF3N2O. The third-order valence-electron chi connectivity index (χ3n) is 4.54. The highest BCUT2D eigenvalue weighted by molar-refractivity contribution is 9.10. The highest BCUT2D eigenvalue weighted by Crippen LogP contribution is 2.43. The molecule has 2 unspecified atom stereocenters. The molecule has 1 aliphatic heterocycles. The van der Waals surface area contributed by atoms with Gasteiger partial charge in [-0.15, -0.1) is 0 Å². The van der Waals surface area contributed by atoms with Crippen LogP contribution in [0, 0.1) is 6.92 Å². The van der Waals surface area contributed by atoms with Crippen LogP contribution in [0.15, 0.2) is 65.3 Å². The molecule has 1 N–H and O–H groups in total. The Hall–Kier alpha value is -2.38. The third kappa shape index (κ3) is 3.91. The lowest BCUT2D eigenvalue weighted by Gasteiger charge is -2.12. The summed E-state index contributed by atoms with van der Waals surface area (Å²) in [5, 5.41) is 3.30. The number of alkyl halides is 3. The number of benzene rings is 2. The van der Waals surface area contributed by atoms with E-state index in [0.29, 0.717) is 5.56 Å². The molecule has 0 amide bonds. The zero-order valence-corrected chi connectivity index (χ0v) is 16.4. The number of nitrogens with zero attached hydrogens (tertiary/aromatic N) is 1. The van der Waals surface area contributed by atoms with E-state index in [9.17, 15) is 13.2 Å². The van der Waals surface area contributed by atoms with Gasteiger partial charge >= 0.3 is 6.18 Å². The highest BCUT2D eigenvalue weighted by atomic mass is 79.9. The van der Waals surface area contributed by atoms with Gasteiger partial charge in [-0.1, -0.05) is 52.3 Å². The molecule has 1 saturated heterocycles. The van der Waals surface area contributed by atoms with Crippen molar-refractivity contribution in [3.05, 3.63) is 82.1 Å². The zero-order chi connectivity index (χ0) is 19.9. The number of anilines is 1. The van der Waals surface area contributed by atoms with E-state index in [1.165, 1.54) is 12.1 Å². The van der Waals surface area contributed by atoms with E-state index in [-0.39, 0.29) is 16.8 Å². The maximum absolute atomic E-state index is 12.9. The summed E-state index contributed by atoms with van der Waals surface area (Å²) in [5.74, 6) is 0. The molecule has 28 heavy (non-hydrogen) atoms. The standard InChI is InChI=1S/C21H16BrF3N2O/c1-12-9-15(13-5-3-2-4-6-13)18(11-26-12)27-20-19(28-20)14-7-8-16(17(22)10-14)21(23,24)25/h2-11,19-20,27H,1H3. The molecule has 7 heteroatoms. The number of epoxide rings is 1. The number of halogens is 4. The van der Waals surface area contributed by atoms with Crippen LogP contribution in [0.2, 0.25) is 0 Å². The van der Waals surface area contributed by atoms with E-state index in [0.717, 1.165) is 28.6 Å². The van der Waals surface area contributed by atoms with Gasteiger partial charge in [-0.2, -0.15) is 13.2 Å². The van der Waals surface area contributed by atoms with E-state index in [1.54, 1.807) is 6.20 Å². The van der Waals surface area contributed by atoms with Crippen molar-refractivity contribution in [2.45, 2.75) is 25.4 Å². The Labute approximate surface area is 168 Å². The average molecular weight is 449 g/mol. The molecule has 0 radical (unpaired) electrons. The van der Waals surface area contributed by atoms with Gasteiger partial charge in [-0.25, -0.2) is 0 Å². The summed E-state index contributed by atoms with van der Waals surface area (Å²) in [6, 6.07) is 15.9. The first-order valence-corrected chi connectivity index (χ1v) is 9.43. The van der Waals surface area contributed by atoms with Crippen molar-refractivity contribution in [1.29, 1.82) is 0 Å². The van der Waals surface area contributed by atoms with E-state index < -0.39 is 11.7 Å². The number of ether oxygens (including phenoxy) is 1. The van der Waals surface area contributed by atoms with Crippen LogP contribution in [-0.2, 0) is 10.9 Å². The molecular weight excluding hydrogens is 433 g/mol. The first-order chi connectivity index (χ1) is 13.3. The second-order valence-electron chi connectivity index (χ2n) is 6.60. The molecule has 2 heterocycles. The molecule has 144 valence electrons. The van der Waals surface area contributed by atoms with Gasteiger partial charge in [0.2, 0.25) is 0 Å². The summed E-state index contributed by atoms with van der Waals surface area (Å²) in [7, 11) is 0. The summed E-state index contributed by atoms with van der Waals surface area (Å²) in [6.45, 7) is 1.92. The Morgan fingerprint density at radius 3 is 2.50 bits per heavy atom. The maximum atomic E-state index is 12.9. The molecule has 2 aromatic carbocycles. The van der Waals surface area contributed by atoms with Crippen molar-refractivity contribution in [1.82, 2.24) is 4.98 Å². The Kier molecular flexibility index (Phi) is 4.89. The lowest BCUT2D eigenvalue weighted by Crippen LogP contribution is -2.08. The van der Waals surface area contributed by atoms with Crippen LogP contribution in [0.3, 0.4) is 0 Å². The summed E-state index contributed by atoms with van der Waals surface area (Å²) in [5.41, 5.74) is 3.73. The normalized spacial score (nSPS) is 18.8. The molecule has 0 saturated carbocycles. The van der Waals surface area contributed by atoms with Crippen molar-refractivity contribution >= 4 is 21.6 Å². The number of hydrogen-bond acceptors (Lipinski definition) is 3. The lowest BCUT2D eigenvalue weighted by atomic mass is 10.0. The first kappa shape index (κ1) is 19.0. The van der Waals surface area contributed by atoms with Crippen LogP contribution in [0.25, 0.3) is 11.1 Å². The number of hydrogen-bond donors (Lipinski definition) is 1. The van der Waals surface area contributed by atoms with Gasteiger partial charge in [-0.3, -0.25) is 4.98 Å². The van der Waals surface area contributed by atoms with E-state index in [1.807, 2.05) is 43.3 Å². The van der Waals surface area contributed by atoms with Crippen LogP contribution in [-0.4, -0.2) is 11.2 Å². The predicted molar refractivity (Wildman–Crippen MR) is 105 cm³/mol. The fourth-order valence-corrected chi connectivity index (χ4v) is 3.72. The van der Waals surface area contributed by atoms with Crippen LogP contribution in [0.1, 0.15) is 22.9 Å². The second-order valence-corrected chi connectivity index (χ2v) is 7.45. The Morgan fingerprint density at radius 2 is 1.82 bits per heavy atom. The molecule has 0 bridgehead atoms. The van der Waals surface area contributed by atoms with Crippen molar-refractivity contribution in [2.75, 3.05) is 5.32 Å². The van der Waals surface area contributed by atoms with E-state index >= 15 is 0 Å². The van der Waals surface area contributed by atoms with Crippen LogP contribution >= 0.6 is 15.9 Å². The number of aryl methyl sites for hydroxylation is 1. The largest absolute Gasteiger partial charge is 0.417 e. The zero-order valence-electron chi connectivity index (χ0n) is 14.8. The minimum Gasteiger partial charge on any atom is -0.356 e. The minimum absolute atomic E-state index is 0.00808. The van der Waals surface area contributed by atoms with Gasteiger partial charge in [0.05, 0.1) is 17.4 Å². The maximum Gasteiger partial charge on any atom is 0.417 e. The molecule has 1 aromatic heterocycles. The first-order valence-electron chi connectivity index (χ1n) is 8.63. The summed E-state index contributed by atoms with van der Waals surface area (Å²) >= 11 is 3.01. The molecule has 0 aliphatic carbocycles. The van der Waals surface area contributed by atoms with Gasteiger partial charge in [0.1, 0.15) is 6.10 Å². The van der Waals surface area contributed by atoms with Crippen LogP contribution < -0.4 is 5.32 Å². The third-order valence-corrected chi connectivity index (χ3v) is 5.20. The van der Waals surface area contributed by atoms with Gasteiger partial charge < -0.3 is 10.1 Å². The summed E-state index contributed by atoms with van der Waals surface area (Å²) < 4.78 is 44.4. The average Bonchev–Trinajstić information content (AvgIpc) is 3.42. The summed E-state index contributed by atoms with van der Waals surface area (Å²) in [4.78, 5) is 4.35. The smallest absolute Gasteiger partial charge is 0.356 e. The Balaban J connectivity index is 1.55. The van der Waals surface area contributed by atoms with Crippen molar-refractivity contribution in [3.8, 4) is 11.1 Å². The number of nitrogens with one attached hydrogen (secondary N) is 1. The molecule has 3 nitrogen and oxygen atoms in total. The van der Waals surface area contributed by atoms with Gasteiger partial charge in [0.25, 0.3) is 0 Å². The fraction of sp³-hybridized carbons (Fsp3) is 0.190. The molecule has 1 aliphatic rings. The van der Waals surface area contributed by atoms with Crippen molar-refractivity contribution < 1.29 is 17.9 Å². The number of aromatic nitrogens is 1. The monoisotopic (exact) mass is 448 g/mol. The second kappa shape index (κ2) is 7.22. The van der Waals surface area contributed by atoms with Gasteiger partial charge in [-0.05, 0) is 36.2 Å². The van der Waals surface area contributed by atoms with E-state index in [2.05, 4.69) is 26.2 Å². The topological polar surface area (TPSA) is 37.5 Å². The molecule has 4 rings (SSSR count). The van der Waals surface area contributed by atoms with Gasteiger partial charge in [0.15, 0.2) is 6.23 Å². The minimum atomic E-state index is -4.39. The van der Waals surface area contributed by atoms with Crippen molar-refractivity contribution in [3.63, 3.8) is 0 Å². The van der Waals surface area contributed by atoms with Crippen molar-refractivity contribution in [2.24, 2.45) is 0 Å². The molecule has 0 spiro atoms. The van der Waals surface area contributed by atoms with Gasteiger partial charge in [0, 0.05) is 15.7 Å². The Bertz CT molecular complexity index is 1010.